The van der Waals surface area contributed by atoms with Crippen LogP contribution < -0.4 is 14.9 Å². The molecule has 0 aliphatic carbocycles. The van der Waals surface area contributed by atoms with E-state index in [4.69, 9.17) is 9.47 Å². The third-order valence-electron chi connectivity index (χ3n) is 5.26. The summed E-state index contributed by atoms with van der Waals surface area (Å²) in [6.45, 7) is 12.5. The van der Waals surface area contributed by atoms with E-state index in [0.29, 0.717) is 29.2 Å². The molecule has 0 radical (unpaired) electrons. The van der Waals surface area contributed by atoms with Gasteiger partial charge in [-0.3, -0.25) is 4.79 Å². The lowest BCUT2D eigenvalue weighted by Crippen LogP contribution is -2.20. The molecule has 0 atom stereocenters. The van der Waals surface area contributed by atoms with Crippen molar-refractivity contribution in [1.82, 2.24) is 5.43 Å². The Morgan fingerprint density at radius 2 is 1.59 bits per heavy atom. The SMILES string of the molecule is COc1ccc(OC)c(/C=N\NC(=O)CCc2cc(C(C)(C)C)c(O)c(C(C)(C)C)c2)c1. The lowest BCUT2D eigenvalue weighted by atomic mass is 9.78. The molecule has 0 unspecified atom stereocenters. The first kappa shape index (κ1) is 25.2. The summed E-state index contributed by atoms with van der Waals surface area (Å²) < 4.78 is 10.5. The van der Waals surface area contributed by atoms with Crippen molar-refractivity contribution < 1.29 is 19.4 Å². The number of carbonyl (C=O) groups excluding carboxylic acids is 1. The fourth-order valence-electron chi connectivity index (χ4n) is 3.41. The highest BCUT2D eigenvalue weighted by Gasteiger charge is 2.26. The topological polar surface area (TPSA) is 80.2 Å². The number of ether oxygens (including phenoxy) is 2. The molecule has 2 rings (SSSR count). The molecule has 0 saturated heterocycles. The quantitative estimate of drug-likeness (QED) is 0.464. The summed E-state index contributed by atoms with van der Waals surface area (Å²) >= 11 is 0. The van der Waals surface area contributed by atoms with Gasteiger partial charge in [0.2, 0.25) is 5.91 Å². The number of phenols is 1. The van der Waals surface area contributed by atoms with Gasteiger partial charge < -0.3 is 14.6 Å². The average molecular weight is 441 g/mol. The number of rotatable bonds is 7. The summed E-state index contributed by atoms with van der Waals surface area (Å²) in [7, 11) is 3.16. The smallest absolute Gasteiger partial charge is 0.240 e. The van der Waals surface area contributed by atoms with Crippen molar-refractivity contribution in [2.24, 2.45) is 5.10 Å². The van der Waals surface area contributed by atoms with Crippen LogP contribution in [0.25, 0.3) is 0 Å². The number of phenolic OH excluding ortho intramolecular Hbond substituents is 1. The maximum atomic E-state index is 12.4. The molecular weight excluding hydrogens is 404 g/mol. The van der Waals surface area contributed by atoms with E-state index >= 15 is 0 Å². The molecule has 1 amide bonds. The van der Waals surface area contributed by atoms with Crippen molar-refractivity contribution in [3.8, 4) is 17.2 Å². The zero-order valence-electron chi connectivity index (χ0n) is 20.5. The maximum absolute atomic E-state index is 12.4. The Morgan fingerprint density at radius 1 is 1.00 bits per heavy atom. The second-order valence-electron chi connectivity index (χ2n) is 9.94. The van der Waals surface area contributed by atoms with Gasteiger partial charge in [-0.15, -0.1) is 0 Å². The van der Waals surface area contributed by atoms with E-state index in [0.717, 1.165) is 16.7 Å². The highest BCUT2D eigenvalue weighted by atomic mass is 16.5. The molecule has 0 aliphatic rings. The molecule has 0 aliphatic heterocycles. The Labute approximate surface area is 191 Å². The summed E-state index contributed by atoms with van der Waals surface area (Å²) in [5.41, 5.74) is 5.67. The third-order valence-corrected chi connectivity index (χ3v) is 5.26. The minimum Gasteiger partial charge on any atom is -0.507 e. The molecule has 2 aromatic carbocycles. The number of aryl methyl sites for hydroxylation is 1. The number of benzene rings is 2. The molecular formula is C26H36N2O4. The Balaban J connectivity index is 2.12. The highest BCUT2D eigenvalue weighted by molar-refractivity contribution is 5.85. The van der Waals surface area contributed by atoms with Gasteiger partial charge in [-0.05, 0) is 52.1 Å². The molecule has 0 bridgehead atoms. The fourth-order valence-corrected chi connectivity index (χ4v) is 3.41. The van der Waals surface area contributed by atoms with Crippen LogP contribution in [-0.2, 0) is 22.0 Å². The average Bonchev–Trinajstić information content (AvgIpc) is 2.71. The number of aromatic hydroxyl groups is 1. The van der Waals surface area contributed by atoms with Crippen LogP contribution in [0.1, 0.15) is 70.2 Å². The molecule has 0 spiro atoms. The van der Waals surface area contributed by atoms with Crippen molar-refractivity contribution in [2.75, 3.05) is 14.2 Å². The number of methoxy groups -OCH3 is 2. The Hall–Kier alpha value is -3.02. The molecule has 0 fully saturated rings. The van der Waals surface area contributed by atoms with Crippen LogP contribution in [0.5, 0.6) is 17.2 Å². The summed E-state index contributed by atoms with van der Waals surface area (Å²) in [6.07, 6.45) is 2.37. The normalized spacial score (nSPS) is 12.1. The lowest BCUT2D eigenvalue weighted by molar-refractivity contribution is -0.121. The number of nitrogens with zero attached hydrogens (tertiary/aromatic N) is 1. The van der Waals surface area contributed by atoms with Gasteiger partial charge in [0.15, 0.2) is 0 Å². The monoisotopic (exact) mass is 440 g/mol. The van der Waals surface area contributed by atoms with Crippen LogP contribution in [-0.4, -0.2) is 31.4 Å². The van der Waals surface area contributed by atoms with Crippen LogP contribution in [0.4, 0.5) is 0 Å². The zero-order chi connectivity index (χ0) is 24.1. The van der Waals surface area contributed by atoms with E-state index in [1.807, 2.05) is 12.1 Å². The van der Waals surface area contributed by atoms with Gasteiger partial charge in [-0.1, -0.05) is 53.7 Å². The fraction of sp³-hybridized carbons (Fsp3) is 0.462. The number of hydrogen-bond donors (Lipinski definition) is 2. The standard InChI is InChI=1S/C26H36N2O4/c1-25(2,3)20-13-17(14-21(24(20)30)26(4,5)6)9-12-23(29)28-27-16-18-15-19(31-7)10-11-22(18)32-8/h10-11,13-16,30H,9,12H2,1-8H3,(H,28,29)/b27-16-. The molecule has 0 aromatic heterocycles. The number of amides is 1. The van der Waals surface area contributed by atoms with Gasteiger partial charge in [0.1, 0.15) is 17.2 Å². The second kappa shape index (κ2) is 10.1. The number of carbonyl (C=O) groups is 1. The van der Waals surface area contributed by atoms with Gasteiger partial charge >= 0.3 is 0 Å². The molecule has 6 nitrogen and oxygen atoms in total. The van der Waals surface area contributed by atoms with Crippen molar-refractivity contribution >= 4 is 12.1 Å². The minimum atomic E-state index is -0.206. The summed E-state index contributed by atoms with van der Waals surface area (Å²) in [4.78, 5) is 12.4. The molecule has 0 saturated carbocycles. The van der Waals surface area contributed by atoms with Gasteiger partial charge in [-0.2, -0.15) is 5.10 Å². The van der Waals surface area contributed by atoms with E-state index in [2.05, 4.69) is 52.1 Å². The van der Waals surface area contributed by atoms with Crippen molar-refractivity contribution in [1.29, 1.82) is 0 Å². The molecule has 2 N–H and O–H groups in total. The van der Waals surface area contributed by atoms with Crippen molar-refractivity contribution in [2.45, 2.75) is 65.2 Å². The van der Waals surface area contributed by atoms with Gasteiger partial charge in [0.05, 0.1) is 20.4 Å². The van der Waals surface area contributed by atoms with Crippen LogP contribution >= 0.6 is 0 Å². The molecule has 2 aromatic rings. The van der Waals surface area contributed by atoms with E-state index in [1.54, 1.807) is 32.4 Å². The largest absolute Gasteiger partial charge is 0.507 e. The number of hydrazone groups is 1. The van der Waals surface area contributed by atoms with E-state index in [1.165, 1.54) is 6.21 Å². The molecule has 174 valence electrons. The number of nitrogens with one attached hydrogen (secondary N) is 1. The Kier molecular flexibility index (Phi) is 7.94. The summed E-state index contributed by atoms with van der Waals surface area (Å²) in [6, 6.07) is 9.37. The molecule has 0 heterocycles. The zero-order valence-corrected chi connectivity index (χ0v) is 20.5. The van der Waals surface area contributed by atoms with Gasteiger partial charge in [0.25, 0.3) is 0 Å². The van der Waals surface area contributed by atoms with Crippen LogP contribution in [0.2, 0.25) is 0 Å². The summed E-state index contributed by atoms with van der Waals surface area (Å²) in [5, 5.41) is 14.9. The van der Waals surface area contributed by atoms with E-state index in [-0.39, 0.29) is 23.2 Å². The predicted octanol–water partition coefficient (Wildman–Crippen LogP) is 5.09. The third kappa shape index (κ3) is 6.49. The maximum Gasteiger partial charge on any atom is 0.240 e. The Morgan fingerprint density at radius 3 is 2.09 bits per heavy atom. The Bertz CT molecular complexity index is 947. The molecule has 32 heavy (non-hydrogen) atoms. The van der Waals surface area contributed by atoms with E-state index < -0.39 is 0 Å². The second-order valence-corrected chi connectivity index (χ2v) is 9.94. The van der Waals surface area contributed by atoms with Crippen LogP contribution in [0.3, 0.4) is 0 Å². The highest BCUT2D eigenvalue weighted by Crippen LogP contribution is 2.40. The van der Waals surface area contributed by atoms with Gasteiger partial charge in [0, 0.05) is 12.0 Å². The van der Waals surface area contributed by atoms with Crippen LogP contribution in [0.15, 0.2) is 35.4 Å². The van der Waals surface area contributed by atoms with Crippen molar-refractivity contribution in [3.05, 3.63) is 52.6 Å². The van der Waals surface area contributed by atoms with Crippen molar-refractivity contribution in [3.63, 3.8) is 0 Å². The first-order valence-corrected chi connectivity index (χ1v) is 10.8. The van der Waals surface area contributed by atoms with Crippen LogP contribution in [0, 0.1) is 0 Å². The minimum absolute atomic E-state index is 0.189. The van der Waals surface area contributed by atoms with E-state index in [9.17, 15) is 9.90 Å². The summed E-state index contributed by atoms with van der Waals surface area (Å²) in [5.74, 6) is 1.47. The number of hydrogen-bond acceptors (Lipinski definition) is 5. The first-order chi connectivity index (χ1) is 14.9. The predicted molar refractivity (Wildman–Crippen MR) is 129 cm³/mol. The molecule has 6 heteroatoms. The van der Waals surface area contributed by atoms with Gasteiger partial charge in [-0.25, -0.2) is 5.43 Å². The lowest BCUT2D eigenvalue weighted by Gasteiger charge is -2.28. The first-order valence-electron chi connectivity index (χ1n) is 10.8.